The Labute approximate surface area is 65.9 Å². The minimum atomic E-state index is 0.557. The van der Waals surface area contributed by atoms with Crippen LogP contribution in [-0.4, -0.2) is 11.9 Å². The number of nitrogens with one attached hydrogen (secondary N) is 2. The van der Waals surface area contributed by atoms with Crippen LogP contribution in [0, 0.1) is 10.8 Å². The molecule has 0 radical (unpaired) electrons. The molecule has 0 fully saturated rings. The Morgan fingerprint density at radius 3 is 2.18 bits per heavy atom. The van der Waals surface area contributed by atoms with Crippen molar-refractivity contribution < 1.29 is 0 Å². The van der Waals surface area contributed by atoms with Crippen molar-refractivity contribution in [2.24, 2.45) is 0 Å². The van der Waals surface area contributed by atoms with Crippen LogP contribution in [0.25, 0.3) is 0 Å². The quantitative estimate of drug-likeness (QED) is 0.600. The number of hydrogen-bond acceptors (Lipinski definition) is 2. The average molecular weight is 146 g/mol. The predicted octanol–water partition coefficient (Wildman–Crippen LogP) is 2.07. The molecular weight excluding hydrogens is 136 g/mol. The van der Waals surface area contributed by atoms with Gasteiger partial charge < -0.3 is 10.8 Å². The summed E-state index contributed by atoms with van der Waals surface area (Å²) in [7, 11) is 0. The highest BCUT2D eigenvalue weighted by Gasteiger charge is 1.92. The smallest absolute Gasteiger partial charge is 0.0355 e. The van der Waals surface area contributed by atoms with Gasteiger partial charge in [-0.2, -0.15) is 0 Å². The Kier molecular flexibility index (Phi) is 2.16. The van der Waals surface area contributed by atoms with Crippen LogP contribution in [0.2, 0.25) is 0 Å². The Balaban J connectivity index is 3.00. The van der Waals surface area contributed by atoms with E-state index in [2.05, 4.69) is 0 Å². The lowest BCUT2D eigenvalue weighted by atomic mass is 10.1. The summed E-state index contributed by atoms with van der Waals surface area (Å²) < 4.78 is 0. The highest BCUT2D eigenvalue weighted by atomic mass is 14.4. The first-order chi connectivity index (χ1) is 5.24. The van der Waals surface area contributed by atoms with Crippen molar-refractivity contribution >= 4 is 11.9 Å². The van der Waals surface area contributed by atoms with Gasteiger partial charge in [-0.1, -0.05) is 24.3 Å². The average Bonchev–Trinajstić information content (AvgIpc) is 2.05. The molecule has 0 aliphatic rings. The van der Waals surface area contributed by atoms with E-state index in [1.807, 2.05) is 24.3 Å². The van der Waals surface area contributed by atoms with Crippen molar-refractivity contribution in [3.8, 4) is 0 Å². The van der Waals surface area contributed by atoms with Crippen LogP contribution in [0.5, 0.6) is 0 Å². The van der Waals surface area contributed by atoms with Gasteiger partial charge in [-0.15, -0.1) is 0 Å². The van der Waals surface area contributed by atoms with E-state index in [-0.39, 0.29) is 0 Å². The van der Waals surface area contributed by atoms with Gasteiger partial charge in [0.05, 0.1) is 0 Å². The molecule has 1 rings (SSSR count). The maximum Gasteiger partial charge on any atom is 0.0355 e. The minimum Gasteiger partial charge on any atom is -0.308 e. The molecular formula is C9H10N2. The van der Waals surface area contributed by atoms with Gasteiger partial charge >= 0.3 is 0 Å². The van der Waals surface area contributed by atoms with Crippen molar-refractivity contribution in [2.45, 2.75) is 6.92 Å². The summed E-state index contributed by atoms with van der Waals surface area (Å²) in [5.41, 5.74) is 2.34. The molecule has 0 aliphatic carbocycles. The van der Waals surface area contributed by atoms with Gasteiger partial charge in [0.2, 0.25) is 0 Å². The van der Waals surface area contributed by atoms with E-state index < -0.39 is 0 Å². The number of hydrogen-bond donors (Lipinski definition) is 2. The summed E-state index contributed by atoms with van der Waals surface area (Å²) in [5.74, 6) is 0. The van der Waals surface area contributed by atoms with Gasteiger partial charge in [0.1, 0.15) is 0 Å². The van der Waals surface area contributed by atoms with E-state index in [0.717, 1.165) is 11.1 Å². The standard InChI is InChI=1S/C9H10N2/c1-7(11)9-4-2-8(6-10)3-5-9/h2-6,10-11H,1H3. The molecule has 0 saturated heterocycles. The fraction of sp³-hybridized carbons (Fsp3) is 0.111. The zero-order chi connectivity index (χ0) is 8.27. The molecule has 0 heterocycles. The van der Waals surface area contributed by atoms with Crippen molar-refractivity contribution in [1.82, 2.24) is 0 Å². The van der Waals surface area contributed by atoms with Crippen molar-refractivity contribution in [1.29, 1.82) is 10.8 Å². The molecule has 11 heavy (non-hydrogen) atoms. The van der Waals surface area contributed by atoms with Gasteiger partial charge in [-0.05, 0) is 18.1 Å². The Morgan fingerprint density at radius 2 is 1.82 bits per heavy atom. The molecule has 0 aromatic heterocycles. The lowest BCUT2D eigenvalue weighted by molar-refractivity contribution is 1.45. The first-order valence-electron chi connectivity index (χ1n) is 3.40. The molecule has 0 amide bonds. The summed E-state index contributed by atoms with van der Waals surface area (Å²) in [6.45, 7) is 1.75. The fourth-order valence-corrected chi connectivity index (χ4v) is 0.829. The summed E-state index contributed by atoms with van der Waals surface area (Å²) >= 11 is 0. The summed E-state index contributed by atoms with van der Waals surface area (Å²) in [6, 6.07) is 7.37. The maximum absolute atomic E-state index is 7.31. The normalized spacial score (nSPS) is 9.18. The number of rotatable bonds is 2. The first-order valence-corrected chi connectivity index (χ1v) is 3.40. The molecule has 1 aromatic rings. The largest absolute Gasteiger partial charge is 0.308 e. The van der Waals surface area contributed by atoms with Crippen LogP contribution < -0.4 is 0 Å². The maximum atomic E-state index is 7.31. The molecule has 0 aliphatic heterocycles. The van der Waals surface area contributed by atoms with Gasteiger partial charge in [0, 0.05) is 11.9 Å². The molecule has 0 atom stereocenters. The van der Waals surface area contributed by atoms with Crippen molar-refractivity contribution in [2.75, 3.05) is 0 Å². The molecule has 0 spiro atoms. The zero-order valence-electron chi connectivity index (χ0n) is 6.39. The van der Waals surface area contributed by atoms with Crippen LogP contribution in [0.4, 0.5) is 0 Å². The highest BCUT2D eigenvalue weighted by Crippen LogP contribution is 2.02. The van der Waals surface area contributed by atoms with Crippen LogP contribution in [0.3, 0.4) is 0 Å². The van der Waals surface area contributed by atoms with Crippen LogP contribution in [0.15, 0.2) is 24.3 Å². The fourth-order valence-electron chi connectivity index (χ4n) is 0.829. The van der Waals surface area contributed by atoms with Gasteiger partial charge in [-0.25, -0.2) is 0 Å². The number of benzene rings is 1. The van der Waals surface area contributed by atoms with Crippen LogP contribution >= 0.6 is 0 Å². The second-order valence-corrected chi connectivity index (χ2v) is 2.39. The zero-order valence-corrected chi connectivity index (χ0v) is 6.39. The highest BCUT2D eigenvalue weighted by molar-refractivity contribution is 5.96. The molecule has 2 heteroatoms. The third-order valence-electron chi connectivity index (χ3n) is 1.51. The van der Waals surface area contributed by atoms with Gasteiger partial charge in [0.25, 0.3) is 0 Å². The first kappa shape index (κ1) is 7.66. The van der Waals surface area contributed by atoms with E-state index >= 15 is 0 Å². The summed E-state index contributed by atoms with van der Waals surface area (Å²) in [5, 5.41) is 14.2. The Morgan fingerprint density at radius 1 is 1.27 bits per heavy atom. The molecule has 0 unspecified atom stereocenters. The molecule has 56 valence electrons. The monoisotopic (exact) mass is 146 g/mol. The molecule has 2 N–H and O–H groups in total. The summed E-state index contributed by atoms with van der Waals surface area (Å²) in [6.07, 6.45) is 1.29. The van der Waals surface area contributed by atoms with E-state index in [1.54, 1.807) is 6.92 Å². The van der Waals surface area contributed by atoms with E-state index in [0.29, 0.717) is 5.71 Å². The second kappa shape index (κ2) is 3.10. The molecule has 0 saturated carbocycles. The van der Waals surface area contributed by atoms with Crippen molar-refractivity contribution in [3.05, 3.63) is 35.4 Å². The van der Waals surface area contributed by atoms with Crippen LogP contribution in [-0.2, 0) is 0 Å². The summed E-state index contributed by atoms with van der Waals surface area (Å²) in [4.78, 5) is 0. The van der Waals surface area contributed by atoms with E-state index in [9.17, 15) is 0 Å². The minimum absolute atomic E-state index is 0.557. The Bertz CT molecular complexity index is 272. The topological polar surface area (TPSA) is 47.7 Å². The van der Waals surface area contributed by atoms with Crippen molar-refractivity contribution in [3.63, 3.8) is 0 Å². The van der Waals surface area contributed by atoms with Gasteiger partial charge in [-0.3, -0.25) is 0 Å². The van der Waals surface area contributed by atoms with E-state index in [1.165, 1.54) is 6.21 Å². The molecule has 2 nitrogen and oxygen atoms in total. The van der Waals surface area contributed by atoms with Gasteiger partial charge in [0.15, 0.2) is 0 Å². The predicted molar refractivity (Wildman–Crippen MR) is 46.8 cm³/mol. The van der Waals surface area contributed by atoms with Crippen LogP contribution in [0.1, 0.15) is 18.1 Å². The lowest BCUT2D eigenvalue weighted by Crippen LogP contribution is -1.91. The third-order valence-corrected chi connectivity index (χ3v) is 1.51. The molecule has 1 aromatic carbocycles. The lowest BCUT2D eigenvalue weighted by Gasteiger charge is -1.96. The second-order valence-electron chi connectivity index (χ2n) is 2.39. The third kappa shape index (κ3) is 1.74. The Hall–Kier alpha value is -1.44. The van der Waals surface area contributed by atoms with E-state index in [4.69, 9.17) is 10.8 Å². The SMILES string of the molecule is CC(=N)c1ccc(C=N)cc1. The molecule has 0 bridgehead atoms.